The molecule has 0 bridgehead atoms. The summed E-state index contributed by atoms with van der Waals surface area (Å²) in [5.41, 5.74) is 5.15. The monoisotopic (exact) mass is 348 g/mol. The second-order valence-corrected chi connectivity index (χ2v) is 5.87. The molecule has 3 aromatic rings. The van der Waals surface area contributed by atoms with E-state index >= 15 is 0 Å². The van der Waals surface area contributed by atoms with Crippen LogP contribution in [0.25, 0.3) is 0 Å². The Bertz CT molecular complexity index is 870. The van der Waals surface area contributed by atoms with E-state index in [-0.39, 0.29) is 17.8 Å². The molecule has 3 rings (SSSR count). The summed E-state index contributed by atoms with van der Waals surface area (Å²) >= 11 is 0. The van der Waals surface area contributed by atoms with E-state index in [1.165, 1.54) is 23.4 Å². The maximum Gasteiger partial charge on any atom is 0.164 e. The highest BCUT2D eigenvalue weighted by Crippen LogP contribution is 2.38. The molecule has 0 amide bonds. The van der Waals surface area contributed by atoms with E-state index in [0.717, 1.165) is 24.7 Å². The molecule has 130 valence electrons. The Morgan fingerprint density at radius 1 is 1.16 bits per heavy atom. The van der Waals surface area contributed by atoms with Crippen molar-refractivity contribution in [3.63, 3.8) is 0 Å². The van der Waals surface area contributed by atoms with Crippen LogP contribution in [0, 0.1) is 17.5 Å². The summed E-state index contributed by atoms with van der Waals surface area (Å²) in [4.78, 5) is 11.3. The van der Waals surface area contributed by atoms with Gasteiger partial charge in [0.1, 0.15) is 30.6 Å². The van der Waals surface area contributed by atoms with E-state index in [1.54, 1.807) is 6.92 Å². The van der Waals surface area contributed by atoms with Crippen LogP contribution >= 0.6 is 0 Å². The standard InChI is InChI=1S/C16H15F3N6/c1-16(6-25-9-22-8-24-25,11-3-2-10(17)4-12(11)18)15(20)14-13(19)5-21-7-23-14/h2-5,7-9,15H,6,20H2,1H3/t15-,16+/m0/s1. The molecule has 1 aromatic carbocycles. The van der Waals surface area contributed by atoms with Crippen LogP contribution in [-0.4, -0.2) is 24.7 Å². The average Bonchev–Trinajstić information content (AvgIpc) is 3.07. The van der Waals surface area contributed by atoms with E-state index in [0.29, 0.717) is 0 Å². The average molecular weight is 348 g/mol. The fourth-order valence-electron chi connectivity index (χ4n) is 2.81. The molecule has 2 N–H and O–H groups in total. The topological polar surface area (TPSA) is 82.5 Å². The van der Waals surface area contributed by atoms with Crippen molar-refractivity contribution in [1.29, 1.82) is 0 Å². The molecule has 0 radical (unpaired) electrons. The normalized spacial score (nSPS) is 14.9. The number of nitrogens with zero attached hydrogens (tertiary/aromatic N) is 5. The van der Waals surface area contributed by atoms with Crippen molar-refractivity contribution in [1.82, 2.24) is 24.7 Å². The number of aromatic nitrogens is 5. The molecule has 2 aromatic heterocycles. The van der Waals surface area contributed by atoms with Gasteiger partial charge in [0.2, 0.25) is 0 Å². The molecule has 9 heteroatoms. The zero-order valence-electron chi connectivity index (χ0n) is 13.3. The smallest absolute Gasteiger partial charge is 0.164 e. The molecule has 0 spiro atoms. The third kappa shape index (κ3) is 3.22. The van der Waals surface area contributed by atoms with E-state index in [2.05, 4.69) is 20.1 Å². The Morgan fingerprint density at radius 3 is 2.60 bits per heavy atom. The zero-order chi connectivity index (χ0) is 18.0. The number of nitrogens with two attached hydrogens (primary N) is 1. The van der Waals surface area contributed by atoms with Gasteiger partial charge in [-0.3, -0.25) is 4.68 Å². The van der Waals surface area contributed by atoms with Crippen molar-refractivity contribution >= 4 is 0 Å². The van der Waals surface area contributed by atoms with Crippen LogP contribution in [0.2, 0.25) is 0 Å². The quantitative estimate of drug-likeness (QED) is 0.764. The van der Waals surface area contributed by atoms with E-state index in [9.17, 15) is 13.2 Å². The van der Waals surface area contributed by atoms with Gasteiger partial charge in [0.15, 0.2) is 5.82 Å². The molecular weight excluding hydrogens is 333 g/mol. The van der Waals surface area contributed by atoms with Gasteiger partial charge in [0.05, 0.1) is 24.5 Å². The fourth-order valence-corrected chi connectivity index (χ4v) is 2.81. The lowest BCUT2D eigenvalue weighted by molar-refractivity contribution is 0.291. The number of benzene rings is 1. The summed E-state index contributed by atoms with van der Waals surface area (Å²) in [5, 5.41) is 4.00. The summed E-state index contributed by atoms with van der Waals surface area (Å²) in [6.07, 6.45) is 4.90. The summed E-state index contributed by atoms with van der Waals surface area (Å²) < 4.78 is 43.4. The van der Waals surface area contributed by atoms with Gasteiger partial charge in [0, 0.05) is 11.5 Å². The zero-order valence-corrected chi connectivity index (χ0v) is 13.3. The Hall–Kier alpha value is -2.81. The largest absolute Gasteiger partial charge is 0.322 e. The Balaban J connectivity index is 2.13. The van der Waals surface area contributed by atoms with Crippen molar-refractivity contribution in [3.8, 4) is 0 Å². The highest BCUT2D eigenvalue weighted by molar-refractivity contribution is 5.31. The van der Waals surface area contributed by atoms with Crippen LogP contribution in [0.1, 0.15) is 24.2 Å². The summed E-state index contributed by atoms with van der Waals surface area (Å²) in [7, 11) is 0. The lowest BCUT2D eigenvalue weighted by Gasteiger charge is -2.35. The first kappa shape index (κ1) is 17.0. The van der Waals surface area contributed by atoms with Crippen LogP contribution in [-0.2, 0) is 12.0 Å². The first-order valence-corrected chi connectivity index (χ1v) is 7.41. The van der Waals surface area contributed by atoms with Gasteiger partial charge < -0.3 is 5.73 Å². The van der Waals surface area contributed by atoms with E-state index < -0.39 is 28.9 Å². The van der Waals surface area contributed by atoms with Gasteiger partial charge in [-0.15, -0.1) is 0 Å². The minimum atomic E-state index is -1.18. The molecular formula is C16H15F3N6. The van der Waals surface area contributed by atoms with Gasteiger partial charge in [0.25, 0.3) is 0 Å². The van der Waals surface area contributed by atoms with Crippen molar-refractivity contribution in [3.05, 3.63) is 72.1 Å². The Labute approximate surface area is 141 Å². The van der Waals surface area contributed by atoms with Crippen molar-refractivity contribution in [2.45, 2.75) is 24.9 Å². The lowest BCUT2D eigenvalue weighted by Crippen LogP contribution is -2.41. The van der Waals surface area contributed by atoms with Gasteiger partial charge in [-0.05, 0) is 11.6 Å². The second kappa shape index (κ2) is 6.60. The Morgan fingerprint density at radius 2 is 1.96 bits per heavy atom. The molecule has 6 nitrogen and oxygen atoms in total. The van der Waals surface area contributed by atoms with Gasteiger partial charge in [-0.1, -0.05) is 13.0 Å². The minimum Gasteiger partial charge on any atom is -0.322 e. The fraction of sp³-hybridized carbons (Fsp3) is 0.250. The van der Waals surface area contributed by atoms with Crippen molar-refractivity contribution in [2.75, 3.05) is 0 Å². The number of hydrogen-bond donors (Lipinski definition) is 1. The lowest BCUT2D eigenvalue weighted by atomic mass is 9.74. The van der Waals surface area contributed by atoms with Crippen LogP contribution in [0.3, 0.4) is 0 Å². The first-order valence-electron chi connectivity index (χ1n) is 7.41. The maximum atomic E-state index is 14.5. The molecule has 0 aliphatic carbocycles. The van der Waals surface area contributed by atoms with Crippen LogP contribution < -0.4 is 5.73 Å². The first-order chi connectivity index (χ1) is 11.9. The molecule has 0 saturated carbocycles. The molecule has 0 unspecified atom stereocenters. The van der Waals surface area contributed by atoms with Gasteiger partial charge >= 0.3 is 0 Å². The van der Waals surface area contributed by atoms with Gasteiger partial charge in [-0.2, -0.15) is 5.10 Å². The van der Waals surface area contributed by atoms with Gasteiger partial charge in [-0.25, -0.2) is 28.1 Å². The molecule has 2 heterocycles. The molecule has 0 fully saturated rings. The van der Waals surface area contributed by atoms with Crippen LogP contribution in [0.4, 0.5) is 13.2 Å². The highest BCUT2D eigenvalue weighted by atomic mass is 19.1. The SMILES string of the molecule is C[C@@](Cn1cncn1)(c1ccc(F)cc1F)[C@@H](N)c1ncncc1F. The summed E-state index contributed by atoms with van der Waals surface area (Å²) in [6, 6.07) is 2.14. The van der Waals surface area contributed by atoms with Crippen molar-refractivity contribution in [2.24, 2.45) is 5.73 Å². The molecule has 25 heavy (non-hydrogen) atoms. The number of halogens is 3. The predicted octanol–water partition coefficient (Wildman–Crippen LogP) is 2.14. The Kier molecular flexibility index (Phi) is 4.49. The second-order valence-electron chi connectivity index (χ2n) is 5.87. The highest BCUT2D eigenvalue weighted by Gasteiger charge is 2.40. The summed E-state index contributed by atoms with van der Waals surface area (Å²) in [5.74, 6) is -2.21. The summed E-state index contributed by atoms with van der Waals surface area (Å²) in [6.45, 7) is 1.72. The third-order valence-corrected chi connectivity index (χ3v) is 4.18. The molecule has 0 saturated heterocycles. The number of hydrogen-bond acceptors (Lipinski definition) is 5. The minimum absolute atomic E-state index is 0.0682. The maximum absolute atomic E-state index is 14.5. The predicted molar refractivity (Wildman–Crippen MR) is 82.7 cm³/mol. The van der Waals surface area contributed by atoms with Crippen molar-refractivity contribution < 1.29 is 13.2 Å². The molecule has 2 atom stereocenters. The van der Waals surface area contributed by atoms with E-state index in [1.807, 2.05) is 0 Å². The van der Waals surface area contributed by atoms with Crippen LogP contribution in [0.5, 0.6) is 0 Å². The van der Waals surface area contributed by atoms with E-state index in [4.69, 9.17) is 5.73 Å². The molecule has 0 aliphatic heterocycles. The van der Waals surface area contributed by atoms with Crippen LogP contribution in [0.15, 0.2) is 43.4 Å². The number of rotatable bonds is 5. The third-order valence-electron chi connectivity index (χ3n) is 4.18. The molecule has 0 aliphatic rings.